The zero-order chi connectivity index (χ0) is 18.7. The molecule has 3 aromatic rings. The lowest BCUT2D eigenvalue weighted by atomic mass is 9.82. The molecule has 0 fully saturated rings. The molecule has 1 aromatic heterocycles. The first-order valence-corrected chi connectivity index (χ1v) is 7.92. The van der Waals surface area contributed by atoms with Crippen LogP contribution >= 0.6 is 0 Å². The normalized spacial score (nSPS) is 17.7. The van der Waals surface area contributed by atoms with Gasteiger partial charge in [0.2, 0.25) is 0 Å². The smallest absolute Gasteiger partial charge is 0.270 e. The van der Waals surface area contributed by atoms with Crippen molar-refractivity contribution in [3.63, 3.8) is 0 Å². The maximum Gasteiger partial charge on any atom is 0.300 e. The van der Waals surface area contributed by atoms with Crippen LogP contribution < -0.4 is 0 Å². The Morgan fingerprint density at radius 2 is 1.58 bits per heavy atom. The minimum Gasteiger partial charge on any atom is -0.270 e. The van der Waals surface area contributed by atoms with Crippen LogP contribution in [0.15, 0.2) is 47.5 Å². The standard InChI is InChI=1S/C19H13F4N3/c1-18(2)19(22,23)15-11(6-4-7-12(15)20)17(24-18)14-9-10-5-3-8-13(21)16(10)26-25-14/h3-9H,1-2H3. The van der Waals surface area contributed by atoms with Crippen molar-refractivity contribution in [3.05, 3.63) is 70.9 Å². The molecule has 7 heteroatoms. The number of fused-ring (bicyclic) bond motifs is 2. The lowest BCUT2D eigenvalue weighted by Crippen LogP contribution is -2.45. The number of rotatable bonds is 1. The summed E-state index contributed by atoms with van der Waals surface area (Å²) in [6.45, 7) is 2.47. The van der Waals surface area contributed by atoms with Crippen LogP contribution in [-0.2, 0) is 5.92 Å². The Morgan fingerprint density at radius 1 is 0.885 bits per heavy atom. The summed E-state index contributed by atoms with van der Waals surface area (Å²) in [7, 11) is 0. The Hall–Kier alpha value is -2.83. The Kier molecular flexibility index (Phi) is 3.41. The largest absolute Gasteiger partial charge is 0.300 e. The third-order valence-corrected chi connectivity index (χ3v) is 4.55. The van der Waals surface area contributed by atoms with E-state index in [2.05, 4.69) is 15.2 Å². The van der Waals surface area contributed by atoms with E-state index in [-0.39, 0.29) is 22.5 Å². The van der Waals surface area contributed by atoms with E-state index in [1.54, 1.807) is 6.07 Å². The average molecular weight is 359 g/mol. The van der Waals surface area contributed by atoms with Gasteiger partial charge in [-0.05, 0) is 32.0 Å². The van der Waals surface area contributed by atoms with Crippen LogP contribution in [0.3, 0.4) is 0 Å². The quantitative estimate of drug-likeness (QED) is 0.594. The lowest BCUT2D eigenvalue weighted by Gasteiger charge is -2.37. The fourth-order valence-electron chi connectivity index (χ4n) is 3.10. The van der Waals surface area contributed by atoms with Crippen molar-refractivity contribution in [2.24, 2.45) is 4.99 Å². The van der Waals surface area contributed by atoms with E-state index in [4.69, 9.17) is 0 Å². The summed E-state index contributed by atoms with van der Waals surface area (Å²) in [5, 5.41) is 8.24. The van der Waals surface area contributed by atoms with Crippen molar-refractivity contribution >= 4 is 16.6 Å². The molecule has 0 spiro atoms. The van der Waals surface area contributed by atoms with Gasteiger partial charge in [-0.2, -0.15) is 8.78 Å². The molecule has 0 amide bonds. The van der Waals surface area contributed by atoms with E-state index in [0.717, 1.165) is 6.07 Å². The molecule has 0 aliphatic carbocycles. The third kappa shape index (κ3) is 2.23. The summed E-state index contributed by atoms with van der Waals surface area (Å²) in [6, 6.07) is 9.61. The predicted molar refractivity (Wildman–Crippen MR) is 89.5 cm³/mol. The lowest BCUT2D eigenvalue weighted by molar-refractivity contribution is -0.0710. The van der Waals surface area contributed by atoms with Crippen LogP contribution in [0.25, 0.3) is 10.9 Å². The van der Waals surface area contributed by atoms with Crippen LogP contribution in [0.5, 0.6) is 0 Å². The van der Waals surface area contributed by atoms with Gasteiger partial charge in [0.05, 0.1) is 11.3 Å². The van der Waals surface area contributed by atoms with Gasteiger partial charge in [0, 0.05) is 10.9 Å². The maximum absolute atomic E-state index is 14.8. The number of aliphatic imine (C=N–C) groups is 1. The van der Waals surface area contributed by atoms with Crippen molar-refractivity contribution < 1.29 is 17.6 Å². The predicted octanol–water partition coefficient (Wildman–Crippen LogP) is 4.63. The monoisotopic (exact) mass is 359 g/mol. The van der Waals surface area contributed by atoms with Gasteiger partial charge in [-0.3, -0.25) is 4.99 Å². The van der Waals surface area contributed by atoms with Gasteiger partial charge in [-0.1, -0.05) is 24.3 Å². The zero-order valence-electron chi connectivity index (χ0n) is 13.9. The van der Waals surface area contributed by atoms with Gasteiger partial charge in [0.1, 0.15) is 22.6 Å². The summed E-state index contributed by atoms with van der Waals surface area (Å²) in [5.74, 6) is -5.04. The summed E-state index contributed by atoms with van der Waals surface area (Å²) in [6.07, 6.45) is 0. The highest BCUT2D eigenvalue weighted by molar-refractivity contribution is 6.14. The molecule has 0 saturated carbocycles. The third-order valence-electron chi connectivity index (χ3n) is 4.55. The van der Waals surface area contributed by atoms with E-state index in [0.29, 0.717) is 5.39 Å². The van der Waals surface area contributed by atoms with E-state index >= 15 is 0 Å². The van der Waals surface area contributed by atoms with E-state index in [1.165, 1.54) is 44.2 Å². The van der Waals surface area contributed by atoms with Crippen LogP contribution in [0, 0.1) is 11.6 Å². The minimum atomic E-state index is -3.49. The molecule has 0 unspecified atom stereocenters. The topological polar surface area (TPSA) is 38.1 Å². The number of hydrogen-bond acceptors (Lipinski definition) is 3. The van der Waals surface area contributed by atoms with Gasteiger partial charge in [0.25, 0.3) is 0 Å². The summed E-state index contributed by atoms with van der Waals surface area (Å²) in [4.78, 5) is 4.15. The number of aromatic nitrogens is 2. The molecule has 4 rings (SSSR count). The van der Waals surface area contributed by atoms with Crippen molar-refractivity contribution in [3.8, 4) is 0 Å². The van der Waals surface area contributed by atoms with Gasteiger partial charge in [0.15, 0.2) is 5.82 Å². The van der Waals surface area contributed by atoms with Crippen molar-refractivity contribution in [1.82, 2.24) is 10.2 Å². The number of hydrogen-bond donors (Lipinski definition) is 0. The number of alkyl halides is 2. The highest BCUT2D eigenvalue weighted by atomic mass is 19.3. The van der Waals surface area contributed by atoms with Gasteiger partial charge >= 0.3 is 5.92 Å². The highest BCUT2D eigenvalue weighted by Crippen LogP contribution is 2.47. The molecule has 3 nitrogen and oxygen atoms in total. The molecule has 0 atom stereocenters. The van der Waals surface area contributed by atoms with Crippen LogP contribution in [0.2, 0.25) is 0 Å². The SMILES string of the molecule is CC1(C)N=C(c2cc3cccc(F)c3nn2)c2cccc(F)c2C1(F)F. The molecule has 0 saturated heterocycles. The second kappa shape index (κ2) is 5.33. The van der Waals surface area contributed by atoms with Crippen molar-refractivity contribution in [1.29, 1.82) is 0 Å². The Bertz CT molecular complexity index is 1070. The first-order chi connectivity index (χ1) is 12.2. The van der Waals surface area contributed by atoms with Gasteiger partial charge in [-0.15, -0.1) is 10.2 Å². The van der Waals surface area contributed by atoms with Crippen molar-refractivity contribution in [2.75, 3.05) is 0 Å². The number of nitrogens with zero attached hydrogens (tertiary/aromatic N) is 3. The van der Waals surface area contributed by atoms with E-state index in [9.17, 15) is 17.6 Å². The van der Waals surface area contributed by atoms with Crippen LogP contribution in [-0.4, -0.2) is 21.4 Å². The number of benzene rings is 2. The first-order valence-electron chi connectivity index (χ1n) is 7.92. The molecule has 26 heavy (non-hydrogen) atoms. The molecule has 2 aromatic carbocycles. The second-order valence-corrected chi connectivity index (χ2v) is 6.66. The van der Waals surface area contributed by atoms with Gasteiger partial charge < -0.3 is 0 Å². The maximum atomic E-state index is 14.8. The Labute approximate surface area is 146 Å². The fraction of sp³-hybridized carbons (Fsp3) is 0.211. The van der Waals surface area contributed by atoms with E-state index in [1.807, 2.05) is 0 Å². The molecular formula is C19H13F4N3. The average Bonchev–Trinajstić information content (AvgIpc) is 2.58. The van der Waals surface area contributed by atoms with E-state index < -0.39 is 28.7 Å². The zero-order valence-corrected chi connectivity index (χ0v) is 13.9. The van der Waals surface area contributed by atoms with Crippen LogP contribution in [0.1, 0.15) is 30.7 Å². The molecule has 0 N–H and O–H groups in total. The minimum absolute atomic E-state index is 0.0422. The first kappa shape index (κ1) is 16.6. The Balaban J connectivity index is 2.00. The fourth-order valence-corrected chi connectivity index (χ4v) is 3.10. The Morgan fingerprint density at radius 3 is 2.35 bits per heavy atom. The molecule has 1 aliphatic rings. The molecule has 0 radical (unpaired) electrons. The highest BCUT2D eigenvalue weighted by Gasteiger charge is 2.54. The molecule has 1 aliphatic heterocycles. The van der Waals surface area contributed by atoms with Gasteiger partial charge in [-0.25, -0.2) is 8.78 Å². The summed E-state index contributed by atoms with van der Waals surface area (Å²) < 4.78 is 57.7. The van der Waals surface area contributed by atoms with Crippen molar-refractivity contribution in [2.45, 2.75) is 25.3 Å². The molecule has 2 heterocycles. The molecule has 132 valence electrons. The number of halogens is 4. The molecule has 0 bridgehead atoms. The van der Waals surface area contributed by atoms with Crippen LogP contribution in [0.4, 0.5) is 17.6 Å². The molecular weight excluding hydrogens is 346 g/mol. The second-order valence-electron chi connectivity index (χ2n) is 6.66. The summed E-state index contributed by atoms with van der Waals surface area (Å²) >= 11 is 0. The summed E-state index contributed by atoms with van der Waals surface area (Å²) in [5.41, 5.74) is -2.28.